The van der Waals surface area contributed by atoms with Crippen molar-refractivity contribution >= 4 is 33.2 Å². The molecule has 0 unspecified atom stereocenters. The highest BCUT2D eigenvalue weighted by Crippen LogP contribution is 2.19. The number of carbonyl (C=O) groups is 1. The average molecular weight is 311 g/mol. The van der Waals surface area contributed by atoms with Crippen molar-refractivity contribution < 1.29 is 4.79 Å². The van der Waals surface area contributed by atoms with Gasteiger partial charge in [0.25, 0.3) is 5.91 Å². The van der Waals surface area contributed by atoms with Gasteiger partial charge < -0.3 is 5.32 Å². The van der Waals surface area contributed by atoms with Crippen molar-refractivity contribution in [2.75, 3.05) is 6.54 Å². The fraction of sp³-hybridized carbons (Fsp3) is 0.167. The summed E-state index contributed by atoms with van der Waals surface area (Å²) in [5.74, 6) is -0.124. The Hall–Kier alpha value is -1.20. The molecular formula is C12H11BrN2OS. The molecule has 1 amide bonds. The van der Waals surface area contributed by atoms with Crippen molar-refractivity contribution in [2.45, 2.75) is 6.42 Å². The number of rotatable bonds is 4. The van der Waals surface area contributed by atoms with Crippen molar-refractivity contribution in [1.82, 2.24) is 10.3 Å². The second-order valence-corrected chi connectivity index (χ2v) is 5.36. The van der Waals surface area contributed by atoms with E-state index in [1.165, 1.54) is 4.88 Å². The fourth-order valence-corrected chi connectivity index (χ4v) is 2.83. The standard InChI is InChI=1S/C12H11BrN2OS/c13-9-7-10(17-8-9)4-6-15-12(16)11-3-1-2-5-14-11/h1-3,5,7-8H,4,6H2,(H,15,16). The van der Waals surface area contributed by atoms with Crippen LogP contribution in [0, 0.1) is 0 Å². The lowest BCUT2D eigenvalue weighted by Gasteiger charge is -2.02. The molecule has 2 rings (SSSR count). The van der Waals surface area contributed by atoms with Gasteiger partial charge in [-0.3, -0.25) is 9.78 Å². The number of thiophene rings is 1. The maximum atomic E-state index is 11.7. The maximum Gasteiger partial charge on any atom is 0.269 e. The minimum absolute atomic E-state index is 0.124. The van der Waals surface area contributed by atoms with Gasteiger partial charge in [-0.15, -0.1) is 11.3 Å². The third-order valence-corrected chi connectivity index (χ3v) is 3.93. The number of hydrogen-bond donors (Lipinski definition) is 1. The summed E-state index contributed by atoms with van der Waals surface area (Å²) in [6.45, 7) is 0.627. The molecule has 2 heterocycles. The Labute approximate surface area is 112 Å². The smallest absolute Gasteiger partial charge is 0.269 e. The summed E-state index contributed by atoms with van der Waals surface area (Å²) in [6.07, 6.45) is 2.46. The molecule has 2 aromatic heterocycles. The van der Waals surface area contributed by atoms with Crippen LogP contribution in [0.15, 0.2) is 40.3 Å². The molecule has 0 saturated carbocycles. The van der Waals surface area contributed by atoms with Gasteiger partial charge in [0.05, 0.1) is 0 Å². The van der Waals surface area contributed by atoms with E-state index in [4.69, 9.17) is 0 Å². The van der Waals surface area contributed by atoms with E-state index >= 15 is 0 Å². The molecule has 2 aromatic rings. The minimum Gasteiger partial charge on any atom is -0.350 e. The molecule has 0 fully saturated rings. The first-order chi connectivity index (χ1) is 8.25. The Morgan fingerprint density at radius 1 is 1.47 bits per heavy atom. The monoisotopic (exact) mass is 310 g/mol. The second kappa shape index (κ2) is 5.93. The first-order valence-corrected chi connectivity index (χ1v) is 6.85. The number of nitrogens with one attached hydrogen (secondary N) is 1. The van der Waals surface area contributed by atoms with E-state index in [2.05, 4.69) is 32.3 Å². The predicted molar refractivity (Wildman–Crippen MR) is 72.3 cm³/mol. The number of nitrogens with zero attached hydrogens (tertiary/aromatic N) is 1. The largest absolute Gasteiger partial charge is 0.350 e. The van der Waals surface area contributed by atoms with E-state index in [0.29, 0.717) is 12.2 Å². The third-order valence-electron chi connectivity index (χ3n) is 2.18. The molecule has 0 bridgehead atoms. The lowest BCUT2D eigenvalue weighted by Crippen LogP contribution is -2.26. The Morgan fingerprint density at radius 3 is 3.00 bits per heavy atom. The Kier molecular flexibility index (Phi) is 4.28. The normalized spacial score (nSPS) is 10.2. The molecule has 5 heteroatoms. The number of amides is 1. The molecule has 1 N–H and O–H groups in total. The molecule has 0 saturated heterocycles. The maximum absolute atomic E-state index is 11.7. The van der Waals surface area contributed by atoms with Crippen LogP contribution in [-0.2, 0) is 6.42 Å². The van der Waals surface area contributed by atoms with E-state index in [-0.39, 0.29) is 5.91 Å². The van der Waals surface area contributed by atoms with E-state index < -0.39 is 0 Å². The van der Waals surface area contributed by atoms with Gasteiger partial charge in [0.2, 0.25) is 0 Å². The van der Waals surface area contributed by atoms with E-state index in [0.717, 1.165) is 10.9 Å². The van der Waals surface area contributed by atoms with Gasteiger partial charge in [-0.05, 0) is 40.5 Å². The van der Waals surface area contributed by atoms with Gasteiger partial charge in [-0.2, -0.15) is 0 Å². The van der Waals surface area contributed by atoms with Crippen LogP contribution >= 0.6 is 27.3 Å². The first-order valence-electron chi connectivity index (χ1n) is 5.18. The van der Waals surface area contributed by atoms with E-state index in [1.54, 1.807) is 35.7 Å². The van der Waals surface area contributed by atoms with Crippen LogP contribution in [0.25, 0.3) is 0 Å². The summed E-state index contributed by atoms with van der Waals surface area (Å²) >= 11 is 5.09. The van der Waals surface area contributed by atoms with Crippen molar-refractivity contribution in [3.05, 3.63) is 50.9 Å². The summed E-state index contributed by atoms with van der Waals surface area (Å²) in [4.78, 5) is 16.9. The number of aromatic nitrogens is 1. The summed E-state index contributed by atoms with van der Waals surface area (Å²) in [5, 5.41) is 4.88. The van der Waals surface area contributed by atoms with Crippen LogP contribution in [0.5, 0.6) is 0 Å². The SMILES string of the molecule is O=C(NCCc1cc(Br)cs1)c1ccccn1. The number of pyridine rings is 1. The van der Waals surface area contributed by atoms with Crippen LogP contribution < -0.4 is 5.32 Å². The average Bonchev–Trinajstić information content (AvgIpc) is 2.76. The molecule has 0 aliphatic carbocycles. The van der Waals surface area contributed by atoms with E-state index in [1.807, 2.05) is 5.38 Å². The van der Waals surface area contributed by atoms with Crippen LogP contribution in [0.2, 0.25) is 0 Å². The predicted octanol–water partition coefficient (Wildman–Crippen LogP) is 2.88. The zero-order valence-corrected chi connectivity index (χ0v) is 11.4. The Bertz CT molecular complexity index is 498. The number of hydrogen-bond acceptors (Lipinski definition) is 3. The van der Waals surface area contributed by atoms with Gasteiger partial charge in [0.15, 0.2) is 0 Å². The van der Waals surface area contributed by atoms with Crippen molar-refractivity contribution in [1.29, 1.82) is 0 Å². The van der Waals surface area contributed by atoms with Crippen LogP contribution in [-0.4, -0.2) is 17.4 Å². The summed E-state index contributed by atoms with van der Waals surface area (Å²) in [6, 6.07) is 7.37. The van der Waals surface area contributed by atoms with Crippen molar-refractivity contribution in [3.8, 4) is 0 Å². The zero-order valence-electron chi connectivity index (χ0n) is 9.02. The van der Waals surface area contributed by atoms with Crippen molar-refractivity contribution in [3.63, 3.8) is 0 Å². The molecule has 3 nitrogen and oxygen atoms in total. The highest BCUT2D eigenvalue weighted by atomic mass is 79.9. The van der Waals surface area contributed by atoms with Gasteiger partial charge in [0.1, 0.15) is 5.69 Å². The fourth-order valence-electron chi connectivity index (χ4n) is 1.37. The Balaban J connectivity index is 1.81. The summed E-state index contributed by atoms with van der Waals surface area (Å²) < 4.78 is 1.09. The molecule has 0 aliphatic heterocycles. The molecular weight excluding hydrogens is 300 g/mol. The molecule has 17 heavy (non-hydrogen) atoms. The lowest BCUT2D eigenvalue weighted by atomic mass is 10.3. The zero-order chi connectivity index (χ0) is 12.1. The van der Waals surface area contributed by atoms with E-state index in [9.17, 15) is 4.79 Å². The number of halogens is 1. The van der Waals surface area contributed by atoms with Crippen LogP contribution in [0.3, 0.4) is 0 Å². The quantitative estimate of drug-likeness (QED) is 0.943. The lowest BCUT2D eigenvalue weighted by molar-refractivity contribution is 0.0949. The second-order valence-electron chi connectivity index (χ2n) is 3.45. The number of carbonyl (C=O) groups excluding carboxylic acids is 1. The molecule has 0 spiro atoms. The minimum atomic E-state index is -0.124. The third kappa shape index (κ3) is 3.64. The summed E-state index contributed by atoms with van der Waals surface area (Å²) in [7, 11) is 0. The molecule has 0 atom stereocenters. The highest BCUT2D eigenvalue weighted by Gasteiger charge is 2.05. The first kappa shape index (κ1) is 12.3. The molecule has 0 aromatic carbocycles. The molecule has 88 valence electrons. The van der Waals surface area contributed by atoms with Crippen LogP contribution in [0.1, 0.15) is 15.4 Å². The van der Waals surface area contributed by atoms with Crippen LogP contribution in [0.4, 0.5) is 0 Å². The summed E-state index contributed by atoms with van der Waals surface area (Å²) in [5.41, 5.74) is 0.458. The molecule has 0 aliphatic rings. The Morgan fingerprint density at radius 2 is 2.35 bits per heavy atom. The van der Waals surface area contributed by atoms with Gasteiger partial charge >= 0.3 is 0 Å². The topological polar surface area (TPSA) is 42.0 Å². The van der Waals surface area contributed by atoms with Gasteiger partial charge in [-0.25, -0.2) is 0 Å². The highest BCUT2D eigenvalue weighted by molar-refractivity contribution is 9.10. The van der Waals surface area contributed by atoms with Crippen molar-refractivity contribution in [2.24, 2.45) is 0 Å². The van der Waals surface area contributed by atoms with Gasteiger partial charge in [-0.1, -0.05) is 6.07 Å². The molecule has 0 radical (unpaired) electrons. The van der Waals surface area contributed by atoms with Gasteiger partial charge in [0, 0.05) is 27.5 Å².